The van der Waals surface area contributed by atoms with Gasteiger partial charge >= 0.3 is 29.6 Å². The van der Waals surface area contributed by atoms with Crippen LogP contribution in [0.5, 0.6) is 5.75 Å². The van der Waals surface area contributed by atoms with Crippen LogP contribution in [0.4, 0.5) is 17.6 Å². The molecule has 12 heavy (non-hydrogen) atoms. The molecule has 0 amide bonds. The van der Waals surface area contributed by atoms with E-state index in [1.165, 1.54) is 0 Å². The summed E-state index contributed by atoms with van der Waals surface area (Å²) in [6.07, 6.45) is 0. The Hall–Kier alpha value is -0.260. The molecule has 0 saturated carbocycles. The molecule has 0 bridgehead atoms. The van der Waals surface area contributed by atoms with E-state index in [9.17, 15) is 17.6 Å². The Bertz CT molecular complexity index is 281. The largest absolute Gasteiger partial charge is 1.00 e. The Labute approximate surface area is 88.8 Å². The van der Waals surface area contributed by atoms with Crippen molar-refractivity contribution in [3.05, 3.63) is 29.3 Å². The van der Waals surface area contributed by atoms with Crippen LogP contribution < -0.4 is 29.6 Å². The van der Waals surface area contributed by atoms with Gasteiger partial charge in [-0.25, -0.2) is 13.2 Å². The Morgan fingerprint density at radius 3 is 2.00 bits per heavy atom. The van der Waals surface area contributed by atoms with Crippen LogP contribution in [0.1, 0.15) is 1.43 Å². The van der Waals surface area contributed by atoms with Crippen LogP contribution >= 0.6 is 0 Å². The van der Waals surface area contributed by atoms with Gasteiger partial charge in [-0.05, 0) is 0 Å². The molecule has 1 aromatic rings. The minimum absolute atomic E-state index is 0. The van der Waals surface area contributed by atoms with Crippen molar-refractivity contribution >= 4 is 0 Å². The number of hydrogen-bond donors (Lipinski definition) is 1. The van der Waals surface area contributed by atoms with Crippen molar-refractivity contribution in [1.29, 1.82) is 0 Å². The zero-order valence-electron chi connectivity index (χ0n) is 7.04. The molecule has 6 heteroatoms. The van der Waals surface area contributed by atoms with Gasteiger partial charge in [-0.15, -0.1) is 0 Å². The Morgan fingerprint density at radius 1 is 1.00 bits per heavy atom. The first-order valence-electron chi connectivity index (χ1n) is 2.56. The van der Waals surface area contributed by atoms with Crippen molar-refractivity contribution in [2.75, 3.05) is 0 Å². The molecule has 0 heterocycles. The quantitative estimate of drug-likeness (QED) is 0.242. The summed E-state index contributed by atoms with van der Waals surface area (Å²) in [6.45, 7) is 0. The average Bonchev–Trinajstić information content (AvgIpc) is 1.97. The van der Waals surface area contributed by atoms with Gasteiger partial charge < -0.3 is 6.53 Å². The molecule has 0 fully saturated rings. The predicted molar refractivity (Wildman–Crippen MR) is 29.1 cm³/mol. The van der Waals surface area contributed by atoms with E-state index in [0.717, 1.165) is 0 Å². The van der Waals surface area contributed by atoms with E-state index in [0.29, 0.717) is 0 Å². The third kappa shape index (κ3) is 1.91. The number of rotatable bonds is 0. The van der Waals surface area contributed by atoms with Crippen LogP contribution in [0.25, 0.3) is 0 Å². The van der Waals surface area contributed by atoms with E-state index in [1.807, 2.05) is 0 Å². The van der Waals surface area contributed by atoms with Crippen molar-refractivity contribution in [1.82, 2.24) is 0 Å². The van der Waals surface area contributed by atoms with Gasteiger partial charge in [0.1, 0.15) is 0 Å². The monoisotopic (exact) mass is 190 g/mol. The molecule has 1 rings (SSSR count). The molecule has 0 aliphatic rings. The fourth-order valence-electron chi connectivity index (χ4n) is 0.560. The summed E-state index contributed by atoms with van der Waals surface area (Å²) in [7, 11) is 0. The van der Waals surface area contributed by atoms with Crippen LogP contribution in [-0.2, 0) is 0 Å². The topological polar surface area (TPSA) is 20.2 Å². The second-order valence-corrected chi connectivity index (χ2v) is 1.82. The molecular weight excluding hydrogens is 187 g/mol. The molecule has 0 unspecified atom stereocenters. The maximum atomic E-state index is 12.1. The number of phenols is 1. The van der Waals surface area contributed by atoms with Crippen LogP contribution in [0.3, 0.4) is 0 Å². The number of aromatic hydroxyl groups is 1. The van der Waals surface area contributed by atoms with Gasteiger partial charge in [0.2, 0.25) is 11.6 Å². The maximum Gasteiger partial charge on any atom is 1.00 e. The molecule has 0 atom stereocenters. The second-order valence-electron chi connectivity index (χ2n) is 1.82. The number of phenolic OH excluding ortho intramolecular Hbond substituents is 1. The minimum atomic E-state index is -2.01. The molecule has 1 N–H and O–H groups in total. The molecule has 0 aliphatic carbocycles. The van der Waals surface area contributed by atoms with Crippen LogP contribution in [0, 0.1) is 23.3 Å². The van der Waals surface area contributed by atoms with Gasteiger partial charge in [-0.2, -0.15) is 4.39 Å². The summed E-state index contributed by atoms with van der Waals surface area (Å²) in [5.74, 6) is -8.60. The Kier molecular flexibility index (Phi) is 4.02. The predicted octanol–water partition coefficient (Wildman–Crippen LogP) is -0.935. The smallest absolute Gasteiger partial charge is 1.00 e. The first kappa shape index (κ1) is 11.7. The Balaban J connectivity index is 0. The van der Waals surface area contributed by atoms with Crippen LogP contribution in [-0.4, -0.2) is 5.11 Å². The molecule has 0 saturated heterocycles. The van der Waals surface area contributed by atoms with Gasteiger partial charge in [-0.1, -0.05) is 0 Å². The van der Waals surface area contributed by atoms with E-state index >= 15 is 0 Å². The van der Waals surface area contributed by atoms with Crippen molar-refractivity contribution in [2.45, 2.75) is 0 Å². The molecule has 0 radical (unpaired) electrons. The average molecular weight is 190 g/mol. The zero-order valence-corrected chi connectivity index (χ0v) is 8.04. The number of halogens is 4. The normalized spacial score (nSPS) is 9.33. The van der Waals surface area contributed by atoms with E-state index in [2.05, 4.69) is 0 Å². The van der Waals surface area contributed by atoms with Gasteiger partial charge in [0.15, 0.2) is 17.4 Å². The van der Waals surface area contributed by atoms with Gasteiger partial charge in [-0.3, -0.25) is 0 Å². The van der Waals surface area contributed by atoms with Gasteiger partial charge in [0.25, 0.3) is 0 Å². The molecule has 0 aromatic heterocycles. The second kappa shape index (κ2) is 4.11. The maximum absolute atomic E-state index is 12.1. The zero-order chi connectivity index (χ0) is 8.59. The first-order chi connectivity index (χ1) is 5.04. The van der Waals surface area contributed by atoms with Gasteiger partial charge in [0.05, 0.1) is 0 Å². The number of benzene rings is 1. The summed E-state index contributed by atoms with van der Waals surface area (Å²) in [5, 5.41) is 8.38. The third-order valence-electron chi connectivity index (χ3n) is 1.08. The minimum Gasteiger partial charge on any atom is -1.00 e. The van der Waals surface area contributed by atoms with Crippen molar-refractivity contribution < 1.29 is 53.7 Å². The molecule has 0 aliphatic heterocycles. The van der Waals surface area contributed by atoms with Gasteiger partial charge in [0, 0.05) is 6.07 Å². The van der Waals surface area contributed by atoms with Crippen molar-refractivity contribution in [3.8, 4) is 5.75 Å². The summed E-state index contributed by atoms with van der Waals surface area (Å²) in [4.78, 5) is 0. The summed E-state index contributed by atoms with van der Waals surface area (Å²) in [6, 6.07) is 0.160. The third-order valence-corrected chi connectivity index (χ3v) is 1.08. The van der Waals surface area contributed by atoms with E-state index in [1.54, 1.807) is 0 Å². The molecule has 0 spiro atoms. The van der Waals surface area contributed by atoms with E-state index in [-0.39, 0.29) is 37.1 Å². The van der Waals surface area contributed by atoms with Crippen molar-refractivity contribution in [2.24, 2.45) is 0 Å². The SMILES string of the molecule is Oc1cc(F)c(F)c(F)c1F.[H-].[Na+]. The standard InChI is InChI=1S/C6H2F4O.Na.H/c7-2-1-3(11)5(9)6(10)4(2)8;;/h1,11H;;/q;+1;-1. The fraction of sp³-hybridized carbons (Fsp3) is 0. The van der Waals surface area contributed by atoms with Crippen LogP contribution in [0.2, 0.25) is 0 Å². The molecular formula is C6H3F4NaO. The number of hydrogen-bond acceptors (Lipinski definition) is 1. The summed E-state index contributed by atoms with van der Waals surface area (Å²) in [5.41, 5.74) is 0. The van der Waals surface area contributed by atoms with Crippen LogP contribution in [0.15, 0.2) is 6.07 Å². The fourth-order valence-corrected chi connectivity index (χ4v) is 0.560. The molecule has 1 nitrogen and oxygen atoms in total. The Morgan fingerprint density at radius 2 is 1.50 bits per heavy atom. The first-order valence-corrected chi connectivity index (χ1v) is 2.56. The summed E-state index contributed by atoms with van der Waals surface area (Å²) < 4.78 is 48.4. The van der Waals surface area contributed by atoms with E-state index in [4.69, 9.17) is 5.11 Å². The van der Waals surface area contributed by atoms with E-state index < -0.39 is 29.0 Å². The summed E-state index contributed by atoms with van der Waals surface area (Å²) >= 11 is 0. The molecule has 62 valence electrons. The molecule has 1 aromatic carbocycles. The van der Waals surface area contributed by atoms with Crippen molar-refractivity contribution in [3.63, 3.8) is 0 Å².